The van der Waals surface area contributed by atoms with Gasteiger partial charge in [0.15, 0.2) is 5.69 Å². The molecule has 0 aliphatic carbocycles. The summed E-state index contributed by atoms with van der Waals surface area (Å²) in [5.41, 5.74) is -0.317. The molecular formula is C11H7N3O4. The number of para-hydroxylation sites is 2. The van der Waals surface area contributed by atoms with Crippen LogP contribution in [0.15, 0.2) is 29.1 Å². The van der Waals surface area contributed by atoms with Crippen molar-refractivity contribution in [2.75, 3.05) is 0 Å². The number of nitrogens with zero attached hydrogens (tertiary/aromatic N) is 2. The molecule has 0 bridgehead atoms. The third-order valence-corrected chi connectivity index (χ3v) is 2.65. The molecule has 0 saturated heterocycles. The molecular weight excluding hydrogens is 238 g/mol. The summed E-state index contributed by atoms with van der Waals surface area (Å²) >= 11 is 0. The van der Waals surface area contributed by atoms with Crippen molar-refractivity contribution < 1.29 is 15.0 Å². The van der Waals surface area contributed by atoms with Crippen LogP contribution >= 0.6 is 0 Å². The Balaban J connectivity index is 2.58. The minimum Gasteiger partial charge on any atom is -0.501 e. The molecule has 7 heteroatoms. The van der Waals surface area contributed by atoms with Gasteiger partial charge in [0.2, 0.25) is 11.5 Å². The topological polar surface area (TPSA) is 108 Å². The zero-order valence-electron chi connectivity index (χ0n) is 8.91. The predicted molar refractivity (Wildman–Crippen MR) is 61.9 cm³/mol. The first-order chi connectivity index (χ1) is 8.59. The number of carboxylic acid groups (broad SMARTS) is 1. The smallest absolute Gasteiger partial charge is 0.358 e. The monoisotopic (exact) mass is 245 g/mol. The first-order valence-corrected chi connectivity index (χ1v) is 5.05. The van der Waals surface area contributed by atoms with Crippen molar-refractivity contribution in [2.24, 2.45) is 0 Å². The van der Waals surface area contributed by atoms with Crippen LogP contribution in [-0.2, 0) is 0 Å². The normalized spacial score (nSPS) is 11.1. The second-order valence-electron chi connectivity index (χ2n) is 3.72. The number of aromatic amines is 1. The van der Waals surface area contributed by atoms with Crippen LogP contribution < -0.4 is 5.56 Å². The van der Waals surface area contributed by atoms with Crippen molar-refractivity contribution in [3.05, 3.63) is 40.3 Å². The Bertz CT molecular complexity index is 846. The van der Waals surface area contributed by atoms with Crippen LogP contribution in [0.25, 0.3) is 16.8 Å². The zero-order valence-corrected chi connectivity index (χ0v) is 8.91. The van der Waals surface area contributed by atoms with E-state index in [9.17, 15) is 14.7 Å². The molecule has 0 fully saturated rings. The Morgan fingerprint density at radius 2 is 2.06 bits per heavy atom. The fourth-order valence-corrected chi connectivity index (χ4v) is 1.86. The molecule has 3 rings (SSSR count). The van der Waals surface area contributed by atoms with E-state index in [2.05, 4.69) is 9.97 Å². The number of aromatic carboxylic acids is 1. The van der Waals surface area contributed by atoms with Crippen molar-refractivity contribution in [3.8, 4) is 5.75 Å². The van der Waals surface area contributed by atoms with E-state index in [0.29, 0.717) is 11.0 Å². The summed E-state index contributed by atoms with van der Waals surface area (Å²) in [6.45, 7) is 0. The number of hydrogen-bond acceptors (Lipinski definition) is 4. The fourth-order valence-electron chi connectivity index (χ4n) is 1.86. The number of H-pyrrole nitrogens is 1. The molecule has 1 aromatic carbocycles. The van der Waals surface area contributed by atoms with Gasteiger partial charge in [-0.15, -0.1) is 0 Å². The van der Waals surface area contributed by atoms with Crippen LogP contribution in [0.5, 0.6) is 5.75 Å². The maximum Gasteiger partial charge on any atom is 0.358 e. The lowest BCUT2D eigenvalue weighted by atomic mass is 10.3. The number of fused-ring (bicyclic) bond motifs is 3. The lowest BCUT2D eigenvalue weighted by molar-refractivity contribution is 0.0686. The predicted octanol–water partition coefficient (Wildman–Crippen LogP) is 0.580. The van der Waals surface area contributed by atoms with Crippen LogP contribution in [0.1, 0.15) is 10.5 Å². The van der Waals surface area contributed by atoms with Gasteiger partial charge in [-0.05, 0) is 12.1 Å². The molecule has 0 aliphatic heterocycles. The van der Waals surface area contributed by atoms with E-state index in [0.717, 1.165) is 4.40 Å². The number of hydrogen-bond donors (Lipinski definition) is 3. The van der Waals surface area contributed by atoms with Gasteiger partial charge in [0.25, 0.3) is 0 Å². The third-order valence-electron chi connectivity index (χ3n) is 2.65. The van der Waals surface area contributed by atoms with Crippen LogP contribution in [0.4, 0.5) is 0 Å². The average Bonchev–Trinajstić information content (AvgIpc) is 2.71. The van der Waals surface area contributed by atoms with E-state index in [4.69, 9.17) is 5.11 Å². The number of imidazole rings is 1. The average molecular weight is 245 g/mol. The van der Waals surface area contributed by atoms with Gasteiger partial charge >= 0.3 is 11.5 Å². The van der Waals surface area contributed by atoms with Crippen LogP contribution in [0, 0.1) is 0 Å². The largest absolute Gasteiger partial charge is 0.501 e. The highest BCUT2D eigenvalue weighted by atomic mass is 16.4. The van der Waals surface area contributed by atoms with Gasteiger partial charge < -0.3 is 15.2 Å². The van der Waals surface area contributed by atoms with Gasteiger partial charge in [0.05, 0.1) is 11.0 Å². The van der Waals surface area contributed by atoms with E-state index >= 15 is 0 Å². The van der Waals surface area contributed by atoms with Crippen molar-refractivity contribution in [1.82, 2.24) is 14.4 Å². The summed E-state index contributed by atoms with van der Waals surface area (Å²) in [5, 5.41) is 18.4. The Labute approximate surface area is 98.9 Å². The zero-order chi connectivity index (χ0) is 12.9. The first-order valence-electron chi connectivity index (χ1n) is 5.05. The molecule has 90 valence electrons. The molecule has 0 unspecified atom stereocenters. The van der Waals surface area contributed by atoms with E-state index in [-0.39, 0.29) is 5.78 Å². The molecule has 7 nitrogen and oxygen atoms in total. The molecule has 0 saturated carbocycles. The summed E-state index contributed by atoms with van der Waals surface area (Å²) in [5.74, 6) is -2.24. The molecule has 3 aromatic rings. The highest BCUT2D eigenvalue weighted by molar-refractivity contribution is 5.89. The van der Waals surface area contributed by atoms with Crippen molar-refractivity contribution >= 4 is 22.8 Å². The second kappa shape index (κ2) is 3.33. The van der Waals surface area contributed by atoms with Gasteiger partial charge in [0.1, 0.15) is 0 Å². The number of rotatable bonds is 1. The number of nitrogens with one attached hydrogen (secondary N) is 1. The number of carbonyl (C=O) groups is 1. The summed E-state index contributed by atoms with van der Waals surface area (Å²) in [4.78, 5) is 29.3. The molecule has 0 amide bonds. The summed E-state index contributed by atoms with van der Waals surface area (Å²) in [6.07, 6.45) is 0. The number of carboxylic acids is 1. The Hall–Kier alpha value is -2.83. The van der Waals surface area contributed by atoms with Crippen molar-refractivity contribution in [2.45, 2.75) is 0 Å². The van der Waals surface area contributed by atoms with E-state index in [1.807, 2.05) is 0 Å². The lowest BCUT2D eigenvalue weighted by Gasteiger charge is -1.99. The van der Waals surface area contributed by atoms with Crippen LogP contribution in [-0.4, -0.2) is 30.6 Å². The van der Waals surface area contributed by atoms with Crippen molar-refractivity contribution in [3.63, 3.8) is 0 Å². The maximum atomic E-state index is 11.9. The fraction of sp³-hybridized carbons (Fsp3) is 0. The van der Waals surface area contributed by atoms with Crippen molar-refractivity contribution in [1.29, 1.82) is 0 Å². The Morgan fingerprint density at radius 3 is 2.78 bits per heavy atom. The maximum absolute atomic E-state index is 11.9. The molecule has 3 N–H and O–H groups in total. The molecule has 18 heavy (non-hydrogen) atoms. The van der Waals surface area contributed by atoms with Gasteiger partial charge in [0, 0.05) is 0 Å². The molecule has 0 radical (unpaired) electrons. The Morgan fingerprint density at radius 1 is 1.33 bits per heavy atom. The molecule has 0 atom stereocenters. The second-order valence-corrected chi connectivity index (χ2v) is 3.72. The molecule has 0 aliphatic rings. The minimum atomic E-state index is -1.45. The number of aromatic nitrogens is 3. The quantitative estimate of drug-likeness (QED) is 0.581. The van der Waals surface area contributed by atoms with Crippen LogP contribution in [0.2, 0.25) is 0 Å². The molecule has 2 aromatic heterocycles. The Kier molecular flexibility index (Phi) is 1.91. The first kappa shape index (κ1) is 10.3. The van der Waals surface area contributed by atoms with Gasteiger partial charge in [-0.1, -0.05) is 12.1 Å². The molecule has 0 spiro atoms. The van der Waals surface area contributed by atoms with E-state index < -0.39 is 23.0 Å². The SMILES string of the molecule is O=C(O)c1nc2[nH]c3ccccc3n2c(=O)c1O. The molecule has 2 heterocycles. The van der Waals surface area contributed by atoms with Gasteiger partial charge in [-0.25, -0.2) is 14.2 Å². The van der Waals surface area contributed by atoms with Gasteiger partial charge in [-0.2, -0.15) is 0 Å². The highest BCUT2D eigenvalue weighted by Crippen LogP contribution is 2.16. The summed E-state index contributed by atoms with van der Waals surface area (Å²) in [7, 11) is 0. The summed E-state index contributed by atoms with van der Waals surface area (Å²) in [6, 6.07) is 6.88. The standard InChI is InChI=1S/C11H7N3O4/c15-8-7(10(17)18)13-11-12-5-3-1-2-4-6(5)14(11)9(8)16/h1-4,15H,(H,12,13)(H,17,18). The van der Waals surface area contributed by atoms with Gasteiger partial charge in [-0.3, -0.25) is 4.79 Å². The van der Waals surface area contributed by atoms with E-state index in [1.165, 1.54) is 0 Å². The summed E-state index contributed by atoms with van der Waals surface area (Å²) < 4.78 is 1.14. The highest BCUT2D eigenvalue weighted by Gasteiger charge is 2.19. The van der Waals surface area contributed by atoms with Crippen LogP contribution in [0.3, 0.4) is 0 Å². The third kappa shape index (κ3) is 1.21. The lowest BCUT2D eigenvalue weighted by Crippen LogP contribution is -2.18. The minimum absolute atomic E-state index is 0.0800. The number of aromatic hydroxyl groups is 1. The van der Waals surface area contributed by atoms with E-state index in [1.54, 1.807) is 24.3 Å². The number of benzene rings is 1.